The number of carboxylic acid groups (broad SMARTS) is 1. The number of benzene rings is 3. The Balaban J connectivity index is 0.995. The van der Waals surface area contributed by atoms with Gasteiger partial charge in [-0.2, -0.15) is 5.10 Å². The van der Waals surface area contributed by atoms with Crippen molar-refractivity contribution in [3.05, 3.63) is 101 Å². The van der Waals surface area contributed by atoms with Crippen molar-refractivity contribution < 1.29 is 38.0 Å². The predicted octanol–water partition coefficient (Wildman–Crippen LogP) is 4.41. The zero-order chi connectivity index (χ0) is 42.8. The highest BCUT2D eigenvalue weighted by Crippen LogP contribution is 2.40. The van der Waals surface area contributed by atoms with Gasteiger partial charge in [0.2, 0.25) is 0 Å². The van der Waals surface area contributed by atoms with Crippen molar-refractivity contribution in [2.24, 2.45) is 16.8 Å². The van der Waals surface area contributed by atoms with E-state index in [4.69, 9.17) is 24.7 Å². The Bertz CT molecular complexity index is 2120. The van der Waals surface area contributed by atoms with Crippen LogP contribution in [0.2, 0.25) is 0 Å². The highest BCUT2D eigenvalue weighted by Gasteiger charge is 2.44. The van der Waals surface area contributed by atoms with Crippen molar-refractivity contribution in [3.63, 3.8) is 0 Å². The lowest BCUT2D eigenvalue weighted by atomic mass is 9.87. The summed E-state index contributed by atoms with van der Waals surface area (Å²) in [4.78, 5) is 32.6. The van der Waals surface area contributed by atoms with Crippen LogP contribution < -0.4 is 30.9 Å². The summed E-state index contributed by atoms with van der Waals surface area (Å²) in [6.45, 7) is 9.51. The average molecular weight is 834 g/mol. The molecule has 18 heteroatoms. The van der Waals surface area contributed by atoms with Crippen LogP contribution in [0.25, 0.3) is 5.69 Å². The number of anilines is 2. The van der Waals surface area contributed by atoms with Crippen LogP contribution >= 0.6 is 0 Å². The minimum Gasteiger partial charge on any atom is -0.493 e. The molecule has 3 heterocycles. The van der Waals surface area contributed by atoms with Gasteiger partial charge in [-0.15, -0.1) is 0 Å². The van der Waals surface area contributed by atoms with Crippen molar-refractivity contribution in [2.45, 2.75) is 51.0 Å². The molecular formula is C42H53F2N9O7. The average Bonchev–Trinajstić information content (AvgIpc) is 3.83. The van der Waals surface area contributed by atoms with Gasteiger partial charge in [0.25, 0.3) is 0 Å². The number of aliphatic hydroxyl groups is 1. The maximum Gasteiger partial charge on any atom is 0.404 e. The Morgan fingerprint density at radius 1 is 1.03 bits per heavy atom. The summed E-state index contributed by atoms with van der Waals surface area (Å²) in [6, 6.07) is 18.8. The molecule has 5 atom stereocenters. The number of carbonyl (C=O) groups is 1. The van der Waals surface area contributed by atoms with E-state index in [0.29, 0.717) is 31.1 Å². The second kappa shape index (κ2) is 19.9. The Hall–Kier alpha value is -5.85. The van der Waals surface area contributed by atoms with Crippen molar-refractivity contribution in [3.8, 4) is 11.4 Å². The van der Waals surface area contributed by atoms with Crippen LogP contribution in [0.1, 0.15) is 38.8 Å². The van der Waals surface area contributed by atoms with Gasteiger partial charge < -0.3 is 44.9 Å². The summed E-state index contributed by atoms with van der Waals surface area (Å²) in [5, 5.41) is 35.4. The van der Waals surface area contributed by atoms with Crippen LogP contribution in [0.15, 0.2) is 82.8 Å². The number of hydrogen-bond donors (Lipinski definition) is 5. The first-order valence-electron chi connectivity index (χ1n) is 20.0. The quantitative estimate of drug-likeness (QED) is 0.0665. The number of amides is 1. The number of piperazine rings is 1. The van der Waals surface area contributed by atoms with E-state index >= 15 is 0 Å². The summed E-state index contributed by atoms with van der Waals surface area (Å²) >= 11 is 0. The fourth-order valence-electron chi connectivity index (χ4n) is 7.90. The first-order chi connectivity index (χ1) is 28.9. The van der Waals surface area contributed by atoms with Crippen LogP contribution in [0.5, 0.6) is 5.75 Å². The Labute approximate surface area is 346 Å². The van der Waals surface area contributed by atoms with Crippen molar-refractivity contribution in [1.82, 2.24) is 25.0 Å². The molecule has 2 aliphatic rings. The standard InChI is InChI=1S/C42H53F2N9O7/c1-28(2)39(29(3)58-23-35(54)20-48-40(55)56)53-41(57)52(27-49-53)34-7-5-32(6-8-34)50-14-16-51(17-15-50)33-9-11-36(12-10-33)59-21-30-19-42(60-22-30,24-46-26-47-25-45)37-13-4-31(43)18-38(37)44/h4-13,18,25-30,35,39,48,54H,14-17,19-24H2,1-3H3,(H,55,56)(H2,45,46,47). The van der Waals surface area contributed by atoms with E-state index in [1.54, 1.807) is 6.92 Å². The van der Waals surface area contributed by atoms with Crippen LogP contribution in [-0.4, -0.2) is 115 Å². The SMILES string of the molecule is CC(C)C(C(C)OCC(O)CNC(=O)O)n1ncn(-c2ccc(N3CCN(c4ccc(OCC5COC(CN/C=N\C=N)(c6ccc(F)cc6F)C5)cc4)CC3)cc2)c1=O. The summed E-state index contributed by atoms with van der Waals surface area (Å²) < 4.78 is 49.7. The second-order valence-electron chi connectivity index (χ2n) is 15.4. The summed E-state index contributed by atoms with van der Waals surface area (Å²) in [6.07, 6.45) is 1.41. The van der Waals surface area contributed by atoms with Gasteiger partial charge in [-0.3, -0.25) is 5.41 Å². The number of rotatable bonds is 19. The van der Waals surface area contributed by atoms with Gasteiger partial charge in [0.15, 0.2) is 0 Å². The molecule has 0 bridgehead atoms. The molecule has 0 aliphatic carbocycles. The van der Waals surface area contributed by atoms with E-state index < -0.39 is 41.6 Å². The lowest BCUT2D eigenvalue weighted by molar-refractivity contribution is -0.0336. The zero-order valence-corrected chi connectivity index (χ0v) is 33.9. The van der Waals surface area contributed by atoms with Gasteiger partial charge in [-0.05, 0) is 73.9 Å². The molecule has 4 aromatic rings. The lowest BCUT2D eigenvalue weighted by Gasteiger charge is -2.37. The van der Waals surface area contributed by atoms with Crippen molar-refractivity contribution in [1.29, 1.82) is 5.41 Å². The van der Waals surface area contributed by atoms with E-state index in [9.17, 15) is 23.5 Å². The largest absolute Gasteiger partial charge is 0.493 e. The predicted molar refractivity (Wildman–Crippen MR) is 223 cm³/mol. The molecule has 1 aromatic heterocycles. The molecule has 2 fully saturated rings. The van der Waals surface area contributed by atoms with Crippen LogP contribution in [-0.2, 0) is 15.1 Å². The van der Waals surface area contributed by atoms with Crippen molar-refractivity contribution in [2.75, 3.05) is 68.9 Å². The number of hydrogen-bond acceptors (Lipinski definition) is 10. The van der Waals surface area contributed by atoms with Gasteiger partial charge in [0.05, 0.1) is 50.1 Å². The van der Waals surface area contributed by atoms with Crippen LogP contribution in [0.3, 0.4) is 0 Å². The molecule has 3 aromatic carbocycles. The number of aliphatic imine (C=N–C) groups is 1. The molecule has 2 saturated heterocycles. The van der Waals surface area contributed by atoms with E-state index in [0.717, 1.165) is 50.0 Å². The Morgan fingerprint density at radius 3 is 2.30 bits per heavy atom. The molecule has 0 spiro atoms. The molecule has 6 rings (SSSR count). The van der Waals surface area contributed by atoms with Gasteiger partial charge >= 0.3 is 11.8 Å². The minimum atomic E-state index is -1.23. The number of aliphatic hydroxyl groups excluding tert-OH is 1. The summed E-state index contributed by atoms with van der Waals surface area (Å²) in [5.74, 6) is -0.720. The monoisotopic (exact) mass is 833 g/mol. The van der Waals surface area contributed by atoms with E-state index in [2.05, 4.69) is 30.5 Å². The topological polar surface area (TPSA) is 192 Å². The normalized spacial score (nSPS) is 19.7. The van der Waals surface area contributed by atoms with Gasteiger partial charge in [0, 0.05) is 68.2 Å². The minimum absolute atomic E-state index is 0.0267. The summed E-state index contributed by atoms with van der Waals surface area (Å²) in [7, 11) is 0. The fraction of sp³-hybridized carbons (Fsp3) is 0.452. The number of aromatic nitrogens is 3. The number of ether oxygens (including phenoxy) is 3. The fourth-order valence-corrected chi connectivity index (χ4v) is 7.90. The maximum absolute atomic E-state index is 14.9. The van der Waals surface area contributed by atoms with E-state index in [1.165, 1.54) is 34.0 Å². The molecule has 0 saturated carbocycles. The first-order valence-corrected chi connectivity index (χ1v) is 20.0. The van der Waals surface area contributed by atoms with Gasteiger partial charge in [0.1, 0.15) is 35.7 Å². The maximum atomic E-state index is 14.9. The Morgan fingerprint density at radius 2 is 1.68 bits per heavy atom. The van der Waals surface area contributed by atoms with Crippen molar-refractivity contribution >= 4 is 30.1 Å². The van der Waals surface area contributed by atoms with Crippen LogP contribution in [0, 0.1) is 28.9 Å². The lowest BCUT2D eigenvalue weighted by Crippen LogP contribution is -2.46. The second-order valence-corrected chi connectivity index (χ2v) is 15.4. The molecular weight excluding hydrogens is 781 g/mol. The molecule has 5 unspecified atom stereocenters. The van der Waals surface area contributed by atoms with Gasteiger partial charge in [-0.1, -0.05) is 19.9 Å². The number of nitrogens with one attached hydrogen (secondary N) is 3. The third-order valence-corrected chi connectivity index (χ3v) is 10.9. The van der Waals surface area contributed by atoms with E-state index in [-0.39, 0.29) is 42.8 Å². The zero-order valence-electron chi connectivity index (χ0n) is 33.9. The Kier molecular flexibility index (Phi) is 14.5. The smallest absolute Gasteiger partial charge is 0.404 e. The molecule has 16 nitrogen and oxygen atoms in total. The molecule has 60 heavy (non-hydrogen) atoms. The summed E-state index contributed by atoms with van der Waals surface area (Å²) in [5.41, 5.74) is 1.67. The molecule has 1 amide bonds. The highest BCUT2D eigenvalue weighted by molar-refractivity contribution is 5.69. The molecule has 2 aliphatic heterocycles. The highest BCUT2D eigenvalue weighted by atomic mass is 19.1. The third kappa shape index (κ3) is 10.7. The van der Waals surface area contributed by atoms with Gasteiger partial charge in [-0.25, -0.2) is 32.6 Å². The molecule has 5 N–H and O–H groups in total. The number of nitrogens with zero attached hydrogens (tertiary/aromatic N) is 6. The van der Waals surface area contributed by atoms with E-state index in [1.807, 2.05) is 62.4 Å². The first kappa shape index (κ1) is 43.7. The number of halogens is 2. The molecule has 322 valence electrons. The molecule has 0 radical (unpaired) electrons. The van der Waals surface area contributed by atoms with Crippen LogP contribution in [0.4, 0.5) is 25.0 Å². The third-order valence-electron chi connectivity index (χ3n) is 10.9.